The second-order valence-corrected chi connectivity index (χ2v) is 6.76. The monoisotopic (exact) mass is 409 g/mol. The summed E-state index contributed by atoms with van der Waals surface area (Å²) in [5.41, 5.74) is 7.92. The lowest BCUT2D eigenvalue weighted by atomic mass is 9.95. The second-order valence-electron chi connectivity index (χ2n) is 6.76. The molecule has 2 heterocycles. The number of nitrogens with one attached hydrogen (secondary N) is 1. The molecule has 0 saturated carbocycles. The lowest BCUT2D eigenvalue weighted by molar-refractivity contribution is -0.115. The number of anilines is 1. The number of benzene rings is 2. The molecule has 2 aromatic carbocycles. The number of nitrogens with two attached hydrogens (primary N) is 1. The van der Waals surface area contributed by atoms with E-state index in [0.29, 0.717) is 45.7 Å². The topological polar surface area (TPSA) is 104 Å². The first kappa shape index (κ1) is 19.4. The summed E-state index contributed by atoms with van der Waals surface area (Å²) in [4.78, 5) is 16.8. The van der Waals surface area contributed by atoms with Gasteiger partial charge in [0.25, 0.3) is 0 Å². The first-order chi connectivity index (χ1) is 14.4. The minimum atomic E-state index is -0.638. The highest BCUT2D eigenvalue weighted by Gasteiger charge is 2.33. The van der Waals surface area contributed by atoms with Crippen LogP contribution in [-0.4, -0.2) is 34.9 Å². The van der Waals surface area contributed by atoms with Gasteiger partial charge in [0.05, 0.1) is 19.8 Å². The Bertz CT molecular complexity index is 1150. The summed E-state index contributed by atoms with van der Waals surface area (Å²) < 4.78 is 25.7. The Hall–Kier alpha value is -3.88. The minimum Gasteiger partial charge on any atom is -0.493 e. The average molecular weight is 409 g/mol. The van der Waals surface area contributed by atoms with Crippen molar-refractivity contribution in [1.82, 2.24) is 14.8 Å². The predicted octanol–water partition coefficient (Wildman–Crippen LogP) is 2.88. The van der Waals surface area contributed by atoms with E-state index < -0.39 is 11.9 Å². The molecule has 0 radical (unpaired) electrons. The van der Waals surface area contributed by atoms with Gasteiger partial charge in [-0.25, -0.2) is 9.07 Å². The number of ether oxygens (including phenoxy) is 2. The normalized spacial score (nSPS) is 15.4. The van der Waals surface area contributed by atoms with Crippen LogP contribution < -0.4 is 20.5 Å². The van der Waals surface area contributed by atoms with Crippen LogP contribution in [0.15, 0.2) is 53.7 Å². The third kappa shape index (κ3) is 3.24. The van der Waals surface area contributed by atoms with Gasteiger partial charge in [-0.15, -0.1) is 5.10 Å². The lowest BCUT2D eigenvalue weighted by Gasteiger charge is -2.27. The molecule has 4 rings (SSSR count). The molecule has 1 amide bonds. The van der Waals surface area contributed by atoms with Gasteiger partial charge in [-0.2, -0.15) is 4.98 Å². The zero-order valence-corrected chi connectivity index (χ0v) is 16.6. The SMILES string of the molecule is COc1ccc(-c2nc3n(n2)[C@H](c2ccc(F)cc2)C(C(N)=O)=C(C)N3)cc1OC. The van der Waals surface area contributed by atoms with Crippen LogP contribution in [0.3, 0.4) is 0 Å². The highest BCUT2D eigenvalue weighted by molar-refractivity contribution is 5.95. The number of hydrogen-bond donors (Lipinski definition) is 2. The number of carbonyl (C=O) groups excluding carboxylic acids is 1. The molecule has 0 aliphatic carbocycles. The van der Waals surface area contributed by atoms with Crippen LogP contribution >= 0.6 is 0 Å². The van der Waals surface area contributed by atoms with E-state index >= 15 is 0 Å². The molecule has 3 N–H and O–H groups in total. The molecule has 30 heavy (non-hydrogen) atoms. The Morgan fingerprint density at radius 1 is 1.13 bits per heavy atom. The maximum Gasteiger partial charge on any atom is 0.248 e. The van der Waals surface area contributed by atoms with Gasteiger partial charge in [-0.05, 0) is 42.8 Å². The molecule has 154 valence electrons. The fraction of sp³-hybridized carbons (Fsp3) is 0.190. The first-order valence-electron chi connectivity index (χ1n) is 9.15. The van der Waals surface area contributed by atoms with Crippen LogP contribution in [0.4, 0.5) is 10.3 Å². The summed E-state index contributed by atoms with van der Waals surface area (Å²) in [6.07, 6.45) is 0. The Balaban J connectivity index is 1.84. The number of amides is 1. The molecule has 0 unspecified atom stereocenters. The van der Waals surface area contributed by atoms with E-state index in [1.54, 1.807) is 50.1 Å². The molecule has 1 aromatic heterocycles. The predicted molar refractivity (Wildman–Crippen MR) is 109 cm³/mol. The van der Waals surface area contributed by atoms with Gasteiger partial charge in [0.15, 0.2) is 17.3 Å². The van der Waals surface area contributed by atoms with Crippen LogP contribution in [0.5, 0.6) is 11.5 Å². The van der Waals surface area contributed by atoms with Crippen molar-refractivity contribution in [2.45, 2.75) is 13.0 Å². The van der Waals surface area contributed by atoms with Crippen LogP contribution in [0.25, 0.3) is 11.4 Å². The smallest absolute Gasteiger partial charge is 0.248 e. The fourth-order valence-electron chi connectivity index (χ4n) is 3.52. The standard InChI is InChI=1S/C21H20FN5O3/c1-11-17(19(23)28)18(12-4-7-14(22)8-5-12)27-21(24-11)25-20(26-27)13-6-9-15(29-2)16(10-13)30-3/h4-10,18H,1-3H3,(H2,23,28)(H,24,25,26)/t18-/m1/s1. The molecule has 1 aliphatic heterocycles. The van der Waals surface area contributed by atoms with E-state index in [1.807, 2.05) is 6.07 Å². The Morgan fingerprint density at radius 3 is 2.47 bits per heavy atom. The van der Waals surface area contributed by atoms with E-state index in [2.05, 4.69) is 15.4 Å². The number of fused-ring (bicyclic) bond motifs is 1. The Kier molecular flexibility index (Phi) is 4.86. The highest BCUT2D eigenvalue weighted by atomic mass is 19.1. The van der Waals surface area contributed by atoms with Crippen LogP contribution in [0.2, 0.25) is 0 Å². The number of rotatable bonds is 5. The number of hydrogen-bond acceptors (Lipinski definition) is 6. The number of methoxy groups -OCH3 is 2. The van der Waals surface area contributed by atoms with Gasteiger partial charge in [0.1, 0.15) is 11.9 Å². The summed E-state index contributed by atoms with van der Waals surface area (Å²) in [5.74, 6) is 1.02. The van der Waals surface area contributed by atoms with Crippen molar-refractivity contribution in [2.24, 2.45) is 5.73 Å². The van der Waals surface area contributed by atoms with Gasteiger partial charge >= 0.3 is 0 Å². The maximum absolute atomic E-state index is 13.5. The quantitative estimate of drug-likeness (QED) is 0.672. The lowest BCUT2D eigenvalue weighted by Crippen LogP contribution is -2.31. The van der Waals surface area contributed by atoms with Gasteiger partial charge in [-0.1, -0.05) is 12.1 Å². The summed E-state index contributed by atoms with van der Waals surface area (Å²) in [5, 5.41) is 7.69. The number of nitrogens with zero attached hydrogens (tertiary/aromatic N) is 3. The largest absolute Gasteiger partial charge is 0.493 e. The van der Waals surface area contributed by atoms with Crippen molar-refractivity contribution in [2.75, 3.05) is 19.5 Å². The van der Waals surface area contributed by atoms with Crippen molar-refractivity contribution in [3.05, 3.63) is 65.1 Å². The van der Waals surface area contributed by atoms with Crippen LogP contribution in [-0.2, 0) is 4.79 Å². The highest BCUT2D eigenvalue weighted by Crippen LogP contribution is 2.37. The molecule has 1 aliphatic rings. The van der Waals surface area contributed by atoms with Crippen LogP contribution in [0, 0.1) is 5.82 Å². The van der Waals surface area contributed by atoms with Gasteiger partial charge < -0.3 is 20.5 Å². The third-order valence-corrected chi connectivity index (χ3v) is 4.95. The molecule has 0 saturated heterocycles. The molecule has 0 spiro atoms. The molecular weight excluding hydrogens is 389 g/mol. The molecule has 0 bridgehead atoms. The van der Waals surface area contributed by atoms with E-state index in [1.165, 1.54) is 12.1 Å². The third-order valence-electron chi connectivity index (χ3n) is 4.95. The van der Waals surface area contributed by atoms with Gasteiger partial charge in [0, 0.05) is 11.3 Å². The minimum absolute atomic E-state index is 0.331. The number of primary amides is 1. The van der Waals surface area contributed by atoms with Crippen molar-refractivity contribution in [1.29, 1.82) is 0 Å². The van der Waals surface area contributed by atoms with Crippen molar-refractivity contribution < 1.29 is 18.7 Å². The van der Waals surface area contributed by atoms with Crippen molar-refractivity contribution in [3.63, 3.8) is 0 Å². The Labute approximate surface area is 172 Å². The molecule has 9 heteroatoms. The van der Waals surface area contributed by atoms with E-state index in [-0.39, 0.29) is 5.82 Å². The summed E-state index contributed by atoms with van der Waals surface area (Å²) >= 11 is 0. The summed E-state index contributed by atoms with van der Waals surface area (Å²) in [7, 11) is 3.11. The molecule has 0 fully saturated rings. The zero-order valence-electron chi connectivity index (χ0n) is 16.6. The van der Waals surface area contributed by atoms with E-state index in [9.17, 15) is 9.18 Å². The second kappa shape index (κ2) is 7.51. The molecule has 8 nitrogen and oxygen atoms in total. The van der Waals surface area contributed by atoms with E-state index in [0.717, 1.165) is 0 Å². The van der Waals surface area contributed by atoms with Crippen molar-refractivity contribution >= 4 is 11.9 Å². The number of allylic oxidation sites excluding steroid dienone is 1. The summed E-state index contributed by atoms with van der Waals surface area (Å²) in [6.45, 7) is 1.74. The van der Waals surface area contributed by atoms with E-state index in [4.69, 9.17) is 15.2 Å². The first-order valence-corrected chi connectivity index (χ1v) is 9.15. The molecule has 3 aromatic rings. The fourth-order valence-corrected chi connectivity index (χ4v) is 3.52. The van der Waals surface area contributed by atoms with Gasteiger partial charge in [0.2, 0.25) is 11.9 Å². The average Bonchev–Trinajstić information content (AvgIpc) is 3.16. The number of carbonyl (C=O) groups is 1. The maximum atomic E-state index is 13.5. The number of halogens is 1. The van der Waals surface area contributed by atoms with Crippen molar-refractivity contribution in [3.8, 4) is 22.9 Å². The summed E-state index contributed by atoms with van der Waals surface area (Å²) in [6, 6.07) is 10.6. The Morgan fingerprint density at radius 2 is 1.83 bits per heavy atom. The van der Waals surface area contributed by atoms with Crippen LogP contribution in [0.1, 0.15) is 18.5 Å². The molecular formula is C21H20FN5O3. The van der Waals surface area contributed by atoms with Gasteiger partial charge in [-0.3, -0.25) is 4.79 Å². The molecule has 1 atom stereocenters. The zero-order chi connectivity index (χ0) is 21.4. The number of aromatic nitrogens is 3.